The summed E-state index contributed by atoms with van der Waals surface area (Å²) in [5.74, 6) is -0.918. The molecule has 1 saturated heterocycles. The van der Waals surface area contributed by atoms with Crippen LogP contribution in [0.4, 0.5) is 0 Å². The maximum absolute atomic E-state index is 13.3. The Morgan fingerprint density at radius 3 is 2.36 bits per heavy atom. The van der Waals surface area contributed by atoms with Crippen LogP contribution >= 0.6 is 0 Å². The lowest BCUT2D eigenvalue weighted by molar-refractivity contribution is -0.134. The molecule has 1 N–H and O–H groups in total. The Balaban J connectivity index is 1.36. The zero-order chi connectivity index (χ0) is 23.2. The van der Waals surface area contributed by atoms with Crippen LogP contribution in [0, 0.1) is 6.92 Å². The highest BCUT2D eigenvalue weighted by atomic mass is 32.2. The predicted octanol–water partition coefficient (Wildman–Crippen LogP) is 3.89. The Kier molecular flexibility index (Phi) is 5.38. The zero-order valence-electron chi connectivity index (χ0n) is 18.2. The van der Waals surface area contributed by atoms with Gasteiger partial charge >= 0.3 is 0 Å². The third-order valence-corrected chi connectivity index (χ3v) is 8.32. The molecule has 2 aliphatic rings. The summed E-state index contributed by atoms with van der Waals surface area (Å²) < 4.78 is 28.1. The lowest BCUT2D eigenvalue weighted by atomic mass is 9.89. The molecule has 0 radical (unpaired) electrons. The zero-order valence-corrected chi connectivity index (χ0v) is 19.1. The van der Waals surface area contributed by atoms with E-state index in [1.54, 1.807) is 12.1 Å². The normalized spacial score (nSPS) is 18.8. The number of hydrogen-bond donors (Lipinski definition) is 1. The van der Waals surface area contributed by atoms with Gasteiger partial charge < -0.3 is 0 Å². The molecule has 1 atom stereocenters. The van der Waals surface area contributed by atoms with Crippen LogP contribution < -0.4 is 5.32 Å². The number of sulfonamides is 1. The summed E-state index contributed by atoms with van der Waals surface area (Å²) in [6.07, 6.45) is 0.783. The van der Waals surface area contributed by atoms with Gasteiger partial charge in [-0.3, -0.25) is 14.9 Å². The number of piperidine rings is 1. The van der Waals surface area contributed by atoms with Crippen LogP contribution in [0.25, 0.3) is 11.1 Å². The van der Waals surface area contributed by atoms with E-state index in [1.807, 2.05) is 61.5 Å². The number of amides is 2. The average Bonchev–Trinajstić information content (AvgIpc) is 3.24. The summed E-state index contributed by atoms with van der Waals surface area (Å²) in [6.45, 7) is 2.59. The molecule has 3 aromatic rings. The molecular formula is C26H24N2O4S. The summed E-state index contributed by atoms with van der Waals surface area (Å²) in [5.41, 5.74) is 5.85. The van der Waals surface area contributed by atoms with Gasteiger partial charge in [0.1, 0.15) is 0 Å². The molecule has 1 fully saturated rings. The fraction of sp³-hybridized carbons (Fsp3) is 0.231. The molecular weight excluding hydrogens is 436 g/mol. The van der Waals surface area contributed by atoms with Gasteiger partial charge in [0.15, 0.2) is 0 Å². The quantitative estimate of drug-likeness (QED) is 0.599. The van der Waals surface area contributed by atoms with Crippen molar-refractivity contribution < 1.29 is 18.0 Å². The van der Waals surface area contributed by atoms with E-state index in [-0.39, 0.29) is 29.2 Å². The third kappa shape index (κ3) is 3.98. The minimum absolute atomic E-state index is 0.247. The molecule has 0 aromatic heterocycles. The molecule has 168 valence electrons. The van der Waals surface area contributed by atoms with Gasteiger partial charge in [-0.25, -0.2) is 8.42 Å². The maximum Gasteiger partial charge on any atom is 0.243 e. The van der Waals surface area contributed by atoms with Gasteiger partial charge in [0.05, 0.1) is 10.8 Å². The summed E-state index contributed by atoms with van der Waals surface area (Å²) in [7, 11) is -3.66. The van der Waals surface area contributed by atoms with Crippen molar-refractivity contribution in [2.24, 2.45) is 0 Å². The van der Waals surface area contributed by atoms with E-state index in [9.17, 15) is 18.0 Å². The number of benzene rings is 3. The van der Waals surface area contributed by atoms with E-state index in [0.717, 1.165) is 33.4 Å². The minimum atomic E-state index is -3.66. The number of imide groups is 1. The van der Waals surface area contributed by atoms with Gasteiger partial charge in [-0.05, 0) is 58.9 Å². The largest absolute Gasteiger partial charge is 0.296 e. The van der Waals surface area contributed by atoms with Crippen molar-refractivity contribution in [3.63, 3.8) is 0 Å². The van der Waals surface area contributed by atoms with E-state index in [0.29, 0.717) is 19.4 Å². The van der Waals surface area contributed by atoms with Gasteiger partial charge in [-0.1, -0.05) is 54.6 Å². The number of fused-ring (bicyclic) bond motifs is 1. The first-order valence-corrected chi connectivity index (χ1v) is 12.4. The first-order valence-electron chi connectivity index (χ1n) is 10.9. The highest BCUT2D eigenvalue weighted by molar-refractivity contribution is 7.89. The Hall–Kier alpha value is -3.29. The second-order valence-electron chi connectivity index (χ2n) is 8.64. The number of carbonyl (C=O) groups excluding carboxylic acids is 2. The second kappa shape index (κ2) is 8.24. The highest BCUT2D eigenvalue weighted by Gasteiger charge is 2.33. The van der Waals surface area contributed by atoms with Crippen molar-refractivity contribution in [3.05, 3.63) is 89.0 Å². The SMILES string of the molecule is Cc1ccccc1-c1ccc(S(=O)(=O)N2Cc3ccc(C4CCC(=O)NC4=O)cc3C2)cc1. The Morgan fingerprint density at radius 1 is 0.909 bits per heavy atom. The molecule has 1 unspecified atom stereocenters. The lowest BCUT2D eigenvalue weighted by Gasteiger charge is -2.21. The molecule has 5 rings (SSSR count). The standard InChI is InChI=1S/C26H24N2O4S/c1-17-4-2-3-5-23(17)18-8-10-22(11-9-18)33(31,32)28-15-20-7-6-19(14-21(20)16-28)24-12-13-25(29)27-26(24)30/h2-11,14,24H,12-13,15-16H2,1H3,(H,27,29,30). The monoisotopic (exact) mass is 460 g/mol. The molecule has 2 heterocycles. The van der Waals surface area contributed by atoms with Gasteiger partial charge in [0.25, 0.3) is 0 Å². The number of nitrogens with zero attached hydrogens (tertiary/aromatic N) is 1. The second-order valence-corrected chi connectivity index (χ2v) is 10.6. The molecule has 6 nitrogen and oxygen atoms in total. The first-order chi connectivity index (χ1) is 15.8. The summed E-state index contributed by atoms with van der Waals surface area (Å²) >= 11 is 0. The smallest absolute Gasteiger partial charge is 0.243 e. The van der Waals surface area contributed by atoms with Crippen LogP contribution in [0.5, 0.6) is 0 Å². The molecule has 2 aliphatic heterocycles. The molecule has 0 saturated carbocycles. The van der Waals surface area contributed by atoms with Gasteiger partial charge in [0.2, 0.25) is 21.8 Å². The molecule has 0 bridgehead atoms. The van der Waals surface area contributed by atoms with Crippen LogP contribution in [-0.2, 0) is 32.7 Å². The fourth-order valence-corrected chi connectivity index (χ4v) is 6.03. The Labute approximate surface area is 193 Å². The number of aryl methyl sites for hydroxylation is 1. The minimum Gasteiger partial charge on any atom is -0.296 e. The fourth-order valence-electron chi connectivity index (χ4n) is 4.63. The Morgan fingerprint density at radius 2 is 1.64 bits per heavy atom. The number of nitrogens with one attached hydrogen (secondary N) is 1. The van der Waals surface area contributed by atoms with Gasteiger partial charge in [-0.2, -0.15) is 4.31 Å². The summed E-state index contributed by atoms with van der Waals surface area (Å²) in [5, 5.41) is 2.39. The van der Waals surface area contributed by atoms with Crippen LogP contribution in [-0.4, -0.2) is 24.5 Å². The third-order valence-electron chi connectivity index (χ3n) is 6.51. The van der Waals surface area contributed by atoms with E-state index < -0.39 is 10.0 Å². The predicted molar refractivity (Wildman–Crippen MR) is 125 cm³/mol. The highest BCUT2D eigenvalue weighted by Crippen LogP contribution is 2.33. The van der Waals surface area contributed by atoms with Crippen molar-refractivity contribution in [2.45, 2.75) is 43.7 Å². The van der Waals surface area contributed by atoms with E-state index in [2.05, 4.69) is 5.32 Å². The van der Waals surface area contributed by atoms with E-state index >= 15 is 0 Å². The van der Waals surface area contributed by atoms with Gasteiger partial charge in [0, 0.05) is 19.5 Å². The van der Waals surface area contributed by atoms with E-state index in [4.69, 9.17) is 0 Å². The number of carbonyl (C=O) groups is 2. The van der Waals surface area contributed by atoms with Gasteiger partial charge in [-0.15, -0.1) is 0 Å². The number of hydrogen-bond acceptors (Lipinski definition) is 4. The molecule has 0 spiro atoms. The average molecular weight is 461 g/mol. The summed E-state index contributed by atoms with van der Waals surface area (Å²) in [6, 6.07) is 20.7. The van der Waals surface area contributed by atoms with Crippen molar-refractivity contribution in [1.29, 1.82) is 0 Å². The van der Waals surface area contributed by atoms with Crippen molar-refractivity contribution in [3.8, 4) is 11.1 Å². The van der Waals surface area contributed by atoms with Crippen LogP contribution in [0.3, 0.4) is 0 Å². The van der Waals surface area contributed by atoms with Crippen molar-refractivity contribution >= 4 is 21.8 Å². The lowest BCUT2D eigenvalue weighted by Crippen LogP contribution is -2.39. The molecule has 3 aromatic carbocycles. The van der Waals surface area contributed by atoms with Crippen molar-refractivity contribution in [1.82, 2.24) is 9.62 Å². The first kappa shape index (κ1) is 21.6. The molecule has 0 aliphatic carbocycles. The molecule has 2 amide bonds. The topological polar surface area (TPSA) is 83.6 Å². The number of rotatable bonds is 4. The van der Waals surface area contributed by atoms with Crippen LogP contribution in [0.15, 0.2) is 71.6 Å². The van der Waals surface area contributed by atoms with Crippen LogP contribution in [0.1, 0.15) is 41.0 Å². The summed E-state index contributed by atoms with van der Waals surface area (Å²) in [4.78, 5) is 23.9. The molecule has 7 heteroatoms. The van der Waals surface area contributed by atoms with Crippen LogP contribution in [0.2, 0.25) is 0 Å². The molecule has 33 heavy (non-hydrogen) atoms. The Bertz CT molecular complexity index is 1360. The van der Waals surface area contributed by atoms with E-state index in [1.165, 1.54) is 4.31 Å². The maximum atomic E-state index is 13.3. The van der Waals surface area contributed by atoms with Crippen molar-refractivity contribution in [2.75, 3.05) is 0 Å².